The van der Waals surface area contributed by atoms with E-state index in [1.54, 1.807) is 0 Å². The van der Waals surface area contributed by atoms with Gasteiger partial charge in [-0.1, -0.05) is 24.4 Å². The molecule has 108 valence electrons. The highest BCUT2D eigenvalue weighted by molar-refractivity contribution is 6.30. The summed E-state index contributed by atoms with van der Waals surface area (Å²) < 4.78 is 5.27. The second kappa shape index (κ2) is 6.61. The topological polar surface area (TPSA) is 75.6 Å². The summed E-state index contributed by atoms with van der Waals surface area (Å²) >= 11 is 5.80. The summed E-state index contributed by atoms with van der Waals surface area (Å²) in [5.74, 6) is -1.26. The van der Waals surface area contributed by atoms with Crippen molar-refractivity contribution >= 4 is 23.5 Å². The SMILES string of the molecule is O=C(COc1cc(Cl)ccc1C(=O)O)NC1CCCC1. The highest BCUT2D eigenvalue weighted by Gasteiger charge is 2.18. The van der Waals surface area contributed by atoms with Crippen molar-refractivity contribution in [1.29, 1.82) is 0 Å². The zero-order chi connectivity index (χ0) is 14.5. The van der Waals surface area contributed by atoms with Crippen LogP contribution in [0.1, 0.15) is 36.0 Å². The Hall–Kier alpha value is -1.75. The largest absolute Gasteiger partial charge is 0.483 e. The van der Waals surface area contributed by atoms with Gasteiger partial charge in [0.15, 0.2) is 6.61 Å². The lowest BCUT2D eigenvalue weighted by atomic mass is 10.2. The molecule has 2 N–H and O–H groups in total. The fraction of sp³-hybridized carbons (Fsp3) is 0.429. The summed E-state index contributed by atoms with van der Waals surface area (Å²) in [6, 6.07) is 4.43. The molecule has 0 radical (unpaired) electrons. The minimum atomic E-state index is -1.12. The summed E-state index contributed by atoms with van der Waals surface area (Å²) in [6.45, 7) is -0.211. The number of carboxylic acid groups (broad SMARTS) is 1. The van der Waals surface area contributed by atoms with Crippen LogP contribution in [-0.2, 0) is 4.79 Å². The second-order valence-electron chi connectivity index (χ2n) is 4.78. The first-order chi connectivity index (χ1) is 9.56. The lowest BCUT2D eigenvalue weighted by Crippen LogP contribution is -2.36. The molecule has 0 spiro atoms. The van der Waals surface area contributed by atoms with Crippen molar-refractivity contribution in [2.45, 2.75) is 31.7 Å². The van der Waals surface area contributed by atoms with Crippen molar-refractivity contribution in [2.75, 3.05) is 6.61 Å². The highest BCUT2D eigenvalue weighted by atomic mass is 35.5. The number of carbonyl (C=O) groups is 2. The van der Waals surface area contributed by atoms with E-state index in [4.69, 9.17) is 21.4 Å². The third-order valence-electron chi connectivity index (χ3n) is 3.25. The molecule has 1 aliphatic rings. The molecule has 0 aliphatic heterocycles. The van der Waals surface area contributed by atoms with E-state index >= 15 is 0 Å². The standard InChI is InChI=1S/C14H16ClNO4/c15-9-5-6-11(14(18)19)12(7-9)20-8-13(17)16-10-3-1-2-4-10/h5-7,10H,1-4,8H2,(H,16,17)(H,18,19). The maximum absolute atomic E-state index is 11.7. The number of halogens is 1. The number of nitrogens with one attached hydrogen (secondary N) is 1. The average Bonchev–Trinajstić information content (AvgIpc) is 2.89. The predicted molar refractivity (Wildman–Crippen MR) is 74.3 cm³/mol. The number of carbonyl (C=O) groups excluding carboxylic acids is 1. The number of hydrogen-bond donors (Lipinski definition) is 2. The Balaban J connectivity index is 1.94. The molecule has 5 nitrogen and oxygen atoms in total. The van der Waals surface area contributed by atoms with Crippen molar-refractivity contribution in [2.24, 2.45) is 0 Å². The first-order valence-electron chi connectivity index (χ1n) is 6.51. The van der Waals surface area contributed by atoms with Gasteiger partial charge in [0.25, 0.3) is 5.91 Å². The smallest absolute Gasteiger partial charge is 0.339 e. The van der Waals surface area contributed by atoms with Crippen LogP contribution in [0.2, 0.25) is 5.02 Å². The van der Waals surface area contributed by atoms with Crippen LogP contribution in [0.3, 0.4) is 0 Å². The van der Waals surface area contributed by atoms with Gasteiger partial charge in [0.05, 0.1) is 0 Å². The molecule has 1 saturated carbocycles. The number of benzene rings is 1. The first kappa shape index (κ1) is 14.7. The maximum Gasteiger partial charge on any atom is 0.339 e. The second-order valence-corrected chi connectivity index (χ2v) is 5.22. The minimum Gasteiger partial charge on any atom is -0.483 e. The summed E-state index contributed by atoms with van der Waals surface area (Å²) in [6.07, 6.45) is 4.24. The van der Waals surface area contributed by atoms with E-state index in [1.165, 1.54) is 18.2 Å². The van der Waals surface area contributed by atoms with E-state index in [1.807, 2.05) is 0 Å². The molecule has 0 saturated heterocycles. The van der Waals surface area contributed by atoms with Crippen LogP contribution in [0.15, 0.2) is 18.2 Å². The van der Waals surface area contributed by atoms with Crippen LogP contribution < -0.4 is 10.1 Å². The predicted octanol–water partition coefficient (Wildman–Crippen LogP) is 2.48. The molecule has 0 unspecified atom stereocenters. The van der Waals surface area contributed by atoms with Gasteiger partial charge >= 0.3 is 5.97 Å². The Kier molecular flexibility index (Phi) is 4.84. The maximum atomic E-state index is 11.7. The molecule has 1 aromatic carbocycles. The number of aromatic carboxylic acids is 1. The van der Waals surface area contributed by atoms with Gasteiger partial charge in [-0.25, -0.2) is 4.79 Å². The lowest BCUT2D eigenvalue weighted by molar-refractivity contribution is -0.123. The van der Waals surface area contributed by atoms with E-state index < -0.39 is 5.97 Å². The molecule has 1 fully saturated rings. The number of carboxylic acids is 1. The zero-order valence-corrected chi connectivity index (χ0v) is 11.7. The average molecular weight is 298 g/mol. The van der Waals surface area contributed by atoms with Crippen LogP contribution in [0, 0.1) is 0 Å². The van der Waals surface area contributed by atoms with Crippen molar-refractivity contribution in [3.63, 3.8) is 0 Å². The molecule has 0 aromatic heterocycles. The summed E-state index contributed by atoms with van der Waals surface area (Å²) in [5, 5.41) is 12.3. The van der Waals surface area contributed by atoms with Crippen LogP contribution in [0.5, 0.6) is 5.75 Å². The summed E-state index contributed by atoms with van der Waals surface area (Å²) in [5.41, 5.74) is -0.0110. The Labute approximate surface area is 121 Å². The first-order valence-corrected chi connectivity index (χ1v) is 6.89. The highest BCUT2D eigenvalue weighted by Crippen LogP contribution is 2.23. The zero-order valence-electron chi connectivity index (χ0n) is 10.9. The van der Waals surface area contributed by atoms with Crippen molar-refractivity contribution in [3.8, 4) is 5.75 Å². The Morgan fingerprint density at radius 1 is 1.35 bits per heavy atom. The Bertz CT molecular complexity index is 512. The van der Waals surface area contributed by atoms with Gasteiger partial charge in [-0.15, -0.1) is 0 Å². The van der Waals surface area contributed by atoms with E-state index in [9.17, 15) is 9.59 Å². The molecular weight excluding hydrogens is 282 g/mol. The molecule has 1 aliphatic carbocycles. The number of ether oxygens (including phenoxy) is 1. The summed E-state index contributed by atoms with van der Waals surface area (Å²) in [4.78, 5) is 22.8. The minimum absolute atomic E-state index is 0.0110. The van der Waals surface area contributed by atoms with Gasteiger partial charge in [-0.05, 0) is 31.0 Å². The molecule has 0 heterocycles. The van der Waals surface area contributed by atoms with E-state index in [-0.39, 0.29) is 29.9 Å². The van der Waals surface area contributed by atoms with Gasteiger partial charge < -0.3 is 15.2 Å². The molecule has 6 heteroatoms. The van der Waals surface area contributed by atoms with Crippen LogP contribution in [0.4, 0.5) is 0 Å². The molecular formula is C14H16ClNO4. The molecule has 0 bridgehead atoms. The molecule has 2 rings (SSSR count). The van der Waals surface area contributed by atoms with E-state index in [2.05, 4.69) is 5.32 Å². The monoisotopic (exact) mass is 297 g/mol. The quantitative estimate of drug-likeness (QED) is 0.875. The van der Waals surface area contributed by atoms with Crippen molar-refractivity contribution in [3.05, 3.63) is 28.8 Å². The van der Waals surface area contributed by atoms with Crippen LogP contribution >= 0.6 is 11.6 Å². The van der Waals surface area contributed by atoms with Crippen molar-refractivity contribution < 1.29 is 19.4 Å². The lowest BCUT2D eigenvalue weighted by Gasteiger charge is -2.13. The van der Waals surface area contributed by atoms with Gasteiger partial charge in [0.1, 0.15) is 11.3 Å². The van der Waals surface area contributed by atoms with E-state index in [0.717, 1.165) is 25.7 Å². The molecule has 20 heavy (non-hydrogen) atoms. The fourth-order valence-corrected chi connectivity index (χ4v) is 2.44. The fourth-order valence-electron chi connectivity index (χ4n) is 2.28. The van der Waals surface area contributed by atoms with Gasteiger partial charge in [-0.3, -0.25) is 4.79 Å². The van der Waals surface area contributed by atoms with Gasteiger partial charge in [0.2, 0.25) is 0 Å². The Morgan fingerprint density at radius 2 is 2.05 bits per heavy atom. The number of rotatable bonds is 5. The Morgan fingerprint density at radius 3 is 2.70 bits per heavy atom. The van der Waals surface area contributed by atoms with Crippen LogP contribution in [0.25, 0.3) is 0 Å². The van der Waals surface area contributed by atoms with Gasteiger partial charge in [-0.2, -0.15) is 0 Å². The van der Waals surface area contributed by atoms with Crippen molar-refractivity contribution in [1.82, 2.24) is 5.32 Å². The normalized spacial score (nSPS) is 15.1. The van der Waals surface area contributed by atoms with E-state index in [0.29, 0.717) is 5.02 Å². The molecule has 1 aromatic rings. The number of hydrogen-bond acceptors (Lipinski definition) is 3. The number of amides is 1. The van der Waals surface area contributed by atoms with Crippen LogP contribution in [-0.4, -0.2) is 29.6 Å². The molecule has 0 atom stereocenters. The summed E-state index contributed by atoms with van der Waals surface area (Å²) in [7, 11) is 0. The third-order valence-corrected chi connectivity index (χ3v) is 3.49. The third kappa shape index (κ3) is 3.87. The van der Waals surface area contributed by atoms with Gasteiger partial charge in [0, 0.05) is 11.1 Å². The molecule has 1 amide bonds.